The molecule has 0 radical (unpaired) electrons. The molecule has 2 heterocycles. The van der Waals surface area contributed by atoms with Crippen LogP contribution in [0.4, 0.5) is 5.82 Å². The van der Waals surface area contributed by atoms with Gasteiger partial charge in [-0.05, 0) is 40.5 Å². The molecule has 0 aliphatic carbocycles. The third-order valence-electron chi connectivity index (χ3n) is 2.05. The largest absolute Gasteiger partial charge is 0.381 e. The van der Waals surface area contributed by atoms with Gasteiger partial charge in [-0.1, -0.05) is 0 Å². The van der Waals surface area contributed by atoms with Gasteiger partial charge in [0.1, 0.15) is 0 Å². The Labute approximate surface area is 96.3 Å². The van der Waals surface area contributed by atoms with Crippen LogP contribution >= 0.6 is 15.9 Å². The maximum absolute atomic E-state index is 5.63. The van der Waals surface area contributed by atoms with Gasteiger partial charge < -0.3 is 5.73 Å². The van der Waals surface area contributed by atoms with Gasteiger partial charge in [0.05, 0.1) is 11.0 Å². The van der Waals surface area contributed by atoms with Crippen molar-refractivity contribution in [2.24, 2.45) is 0 Å². The maximum Gasteiger partial charge on any atom is 0.159 e. The van der Waals surface area contributed by atoms with Crippen molar-refractivity contribution in [1.29, 1.82) is 0 Å². The van der Waals surface area contributed by atoms with Gasteiger partial charge in [-0.3, -0.25) is 9.67 Å². The van der Waals surface area contributed by atoms with E-state index in [9.17, 15) is 0 Å². The molecule has 4 nitrogen and oxygen atoms in total. The molecule has 0 bridgehead atoms. The predicted octanol–water partition coefficient (Wildman–Crippen LogP) is 1.98. The number of anilines is 1. The number of nitrogens with zero attached hydrogens (tertiary/aromatic N) is 3. The summed E-state index contributed by atoms with van der Waals surface area (Å²) in [6.45, 7) is 2.68. The second kappa shape index (κ2) is 4.02. The summed E-state index contributed by atoms with van der Waals surface area (Å²) in [5, 5.41) is 4.16. The molecule has 2 N–H and O–H groups in total. The van der Waals surface area contributed by atoms with E-state index in [0.29, 0.717) is 12.4 Å². The number of halogens is 1. The summed E-state index contributed by atoms with van der Waals surface area (Å²) in [7, 11) is 0. The van der Waals surface area contributed by atoms with Crippen molar-refractivity contribution in [1.82, 2.24) is 14.8 Å². The van der Waals surface area contributed by atoms with Crippen molar-refractivity contribution < 1.29 is 0 Å². The van der Waals surface area contributed by atoms with Gasteiger partial charge >= 0.3 is 0 Å². The molecule has 0 amide bonds. The predicted molar refractivity (Wildman–Crippen MR) is 62.4 cm³/mol. The monoisotopic (exact) mass is 266 g/mol. The Morgan fingerprint density at radius 3 is 2.93 bits per heavy atom. The molecular weight excluding hydrogens is 256 g/mol. The summed E-state index contributed by atoms with van der Waals surface area (Å²) in [6.07, 6.45) is 3.66. The normalized spacial score (nSPS) is 10.5. The molecule has 2 aromatic heterocycles. The number of nitrogens with two attached hydrogens (primary N) is 1. The summed E-state index contributed by atoms with van der Waals surface area (Å²) in [4.78, 5) is 4.14. The first kappa shape index (κ1) is 10.2. The zero-order valence-corrected chi connectivity index (χ0v) is 9.90. The van der Waals surface area contributed by atoms with Gasteiger partial charge in [-0.15, -0.1) is 0 Å². The van der Waals surface area contributed by atoms with Crippen molar-refractivity contribution in [2.45, 2.75) is 13.5 Å². The van der Waals surface area contributed by atoms with E-state index < -0.39 is 0 Å². The fourth-order valence-electron chi connectivity index (χ4n) is 1.38. The van der Waals surface area contributed by atoms with Gasteiger partial charge in [0.15, 0.2) is 5.82 Å². The SMILES string of the molecule is Cc1cc(Cn2cc(Br)c(N)n2)ccn1. The van der Waals surface area contributed by atoms with E-state index in [2.05, 4.69) is 26.0 Å². The molecule has 0 unspecified atom stereocenters. The molecule has 0 spiro atoms. The van der Waals surface area contributed by atoms with Crippen LogP contribution in [0.2, 0.25) is 0 Å². The van der Waals surface area contributed by atoms with Crippen LogP contribution in [0.3, 0.4) is 0 Å². The van der Waals surface area contributed by atoms with Crippen LogP contribution in [0.15, 0.2) is 29.0 Å². The smallest absolute Gasteiger partial charge is 0.159 e. The van der Waals surface area contributed by atoms with Gasteiger partial charge in [0.25, 0.3) is 0 Å². The highest BCUT2D eigenvalue weighted by Gasteiger charge is 2.02. The number of rotatable bonds is 2. The fraction of sp³-hybridized carbons (Fsp3) is 0.200. The highest BCUT2D eigenvalue weighted by Crippen LogP contribution is 2.17. The Morgan fingerprint density at radius 2 is 2.33 bits per heavy atom. The molecule has 0 aromatic carbocycles. The lowest BCUT2D eigenvalue weighted by Gasteiger charge is -2.01. The summed E-state index contributed by atoms with van der Waals surface area (Å²) in [6, 6.07) is 4.00. The molecule has 0 atom stereocenters. The first-order chi connectivity index (χ1) is 7.15. The number of hydrogen-bond acceptors (Lipinski definition) is 3. The van der Waals surface area contributed by atoms with E-state index in [1.807, 2.05) is 25.3 Å². The van der Waals surface area contributed by atoms with Gasteiger partial charge in [-0.25, -0.2) is 0 Å². The molecule has 0 saturated carbocycles. The van der Waals surface area contributed by atoms with E-state index in [1.165, 1.54) is 0 Å². The van der Waals surface area contributed by atoms with Crippen molar-refractivity contribution in [2.75, 3.05) is 5.73 Å². The quantitative estimate of drug-likeness (QED) is 0.905. The molecule has 78 valence electrons. The van der Waals surface area contributed by atoms with Crippen LogP contribution in [0.1, 0.15) is 11.3 Å². The first-order valence-electron chi connectivity index (χ1n) is 4.55. The average molecular weight is 267 g/mol. The van der Waals surface area contributed by atoms with Crippen LogP contribution in [-0.4, -0.2) is 14.8 Å². The van der Waals surface area contributed by atoms with E-state index in [1.54, 1.807) is 10.9 Å². The topological polar surface area (TPSA) is 56.7 Å². The maximum atomic E-state index is 5.63. The Morgan fingerprint density at radius 1 is 1.53 bits per heavy atom. The third kappa shape index (κ3) is 2.36. The Balaban J connectivity index is 2.22. The van der Waals surface area contributed by atoms with Crippen LogP contribution in [0, 0.1) is 6.92 Å². The summed E-state index contributed by atoms with van der Waals surface area (Å²) >= 11 is 3.32. The molecule has 0 aliphatic heterocycles. The number of aryl methyl sites for hydroxylation is 1. The zero-order chi connectivity index (χ0) is 10.8. The van der Waals surface area contributed by atoms with Crippen LogP contribution in [-0.2, 0) is 6.54 Å². The molecule has 0 aliphatic rings. The first-order valence-corrected chi connectivity index (χ1v) is 5.34. The minimum Gasteiger partial charge on any atom is -0.381 e. The molecule has 0 saturated heterocycles. The molecular formula is C10H11BrN4. The summed E-state index contributed by atoms with van der Waals surface area (Å²) < 4.78 is 2.63. The molecule has 2 aromatic rings. The van der Waals surface area contributed by atoms with E-state index in [-0.39, 0.29) is 0 Å². The van der Waals surface area contributed by atoms with Gasteiger partial charge in [0.2, 0.25) is 0 Å². The third-order valence-corrected chi connectivity index (χ3v) is 2.66. The average Bonchev–Trinajstić information content (AvgIpc) is 2.45. The van der Waals surface area contributed by atoms with Crippen LogP contribution < -0.4 is 5.73 Å². The van der Waals surface area contributed by atoms with Crippen LogP contribution in [0.25, 0.3) is 0 Å². The van der Waals surface area contributed by atoms with Gasteiger partial charge in [0, 0.05) is 18.1 Å². The van der Waals surface area contributed by atoms with Crippen molar-refractivity contribution in [3.8, 4) is 0 Å². The number of nitrogen functional groups attached to an aromatic ring is 1. The van der Waals surface area contributed by atoms with Gasteiger partial charge in [-0.2, -0.15) is 5.10 Å². The lowest BCUT2D eigenvalue weighted by atomic mass is 10.2. The second-order valence-corrected chi connectivity index (χ2v) is 4.22. The second-order valence-electron chi connectivity index (χ2n) is 3.37. The lowest BCUT2D eigenvalue weighted by Crippen LogP contribution is -2.01. The van der Waals surface area contributed by atoms with Crippen molar-refractivity contribution in [3.05, 3.63) is 40.3 Å². The molecule has 15 heavy (non-hydrogen) atoms. The van der Waals surface area contributed by atoms with Crippen LogP contribution in [0.5, 0.6) is 0 Å². The highest BCUT2D eigenvalue weighted by molar-refractivity contribution is 9.10. The molecule has 2 rings (SSSR count). The fourth-order valence-corrected chi connectivity index (χ4v) is 1.70. The number of aromatic nitrogens is 3. The molecule has 0 fully saturated rings. The van der Waals surface area contributed by atoms with E-state index in [0.717, 1.165) is 15.7 Å². The molecule has 5 heteroatoms. The Kier molecular flexibility index (Phi) is 2.73. The lowest BCUT2D eigenvalue weighted by molar-refractivity contribution is 0.688. The number of pyridine rings is 1. The Bertz CT molecular complexity index is 459. The van der Waals surface area contributed by atoms with Crippen molar-refractivity contribution in [3.63, 3.8) is 0 Å². The standard InChI is InChI=1S/C10H11BrN4/c1-7-4-8(2-3-13-7)5-15-6-9(11)10(12)14-15/h2-4,6H,5H2,1H3,(H2,12,14). The van der Waals surface area contributed by atoms with E-state index in [4.69, 9.17) is 5.73 Å². The van der Waals surface area contributed by atoms with Crippen molar-refractivity contribution >= 4 is 21.7 Å². The Hall–Kier alpha value is -1.36. The summed E-state index contributed by atoms with van der Waals surface area (Å²) in [5.41, 5.74) is 7.80. The number of hydrogen-bond donors (Lipinski definition) is 1. The minimum atomic E-state index is 0.515. The summed E-state index contributed by atoms with van der Waals surface area (Å²) in [5.74, 6) is 0.515. The highest BCUT2D eigenvalue weighted by atomic mass is 79.9. The minimum absolute atomic E-state index is 0.515. The zero-order valence-electron chi connectivity index (χ0n) is 8.31. The van der Waals surface area contributed by atoms with E-state index >= 15 is 0 Å².